The lowest BCUT2D eigenvalue weighted by atomic mass is 9.88. The SMILES string of the molecule is CCCCN(CC)c1nc(C)nc2c1N(C)CC2c1c(C)cc(C)cc1C. The summed E-state index contributed by atoms with van der Waals surface area (Å²) in [5, 5.41) is 0. The first-order valence-corrected chi connectivity index (χ1v) is 10.3. The Morgan fingerprint density at radius 1 is 1.07 bits per heavy atom. The van der Waals surface area contributed by atoms with Gasteiger partial charge in [-0.05, 0) is 57.7 Å². The molecule has 1 aromatic heterocycles. The molecule has 2 heterocycles. The third kappa shape index (κ3) is 3.67. The van der Waals surface area contributed by atoms with Crippen LogP contribution in [0.5, 0.6) is 0 Å². The predicted molar refractivity (Wildman–Crippen MR) is 115 cm³/mol. The summed E-state index contributed by atoms with van der Waals surface area (Å²) in [6, 6.07) is 4.60. The highest BCUT2D eigenvalue weighted by Gasteiger charge is 2.35. The minimum absolute atomic E-state index is 0.316. The van der Waals surface area contributed by atoms with E-state index in [1.54, 1.807) is 0 Å². The molecule has 0 N–H and O–H groups in total. The van der Waals surface area contributed by atoms with E-state index in [1.165, 1.54) is 46.5 Å². The number of hydrogen-bond donors (Lipinski definition) is 0. The third-order valence-corrected chi connectivity index (χ3v) is 5.72. The van der Waals surface area contributed by atoms with Crippen molar-refractivity contribution in [1.29, 1.82) is 0 Å². The van der Waals surface area contributed by atoms with Gasteiger partial charge in [0.15, 0.2) is 5.82 Å². The fourth-order valence-corrected chi connectivity index (χ4v) is 4.59. The van der Waals surface area contributed by atoms with Crippen LogP contribution >= 0.6 is 0 Å². The lowest BCUT2D eigenvalue weighted by Gasteiger charge is -2.26. The summed E-state index contributed by atoms with van der Waals surface area (Å²) >= 11 is 0. The minimum atomic E-state index is 0.316. The van der Waals surface area contributed by atoms with Crippen LogP contribution < -0.4 is 9.80 Å². The van der Waals surface area contributed by atoms with Crippen LogP contribution in [0.2, 0.25) is 0 Å². The van der Waals surface area contributed by atoms with Crippen LogP contribution in [0.4, 0.5) is 11.5 Å². The Hall–Kier alpha value is -2.10. The largest absolute Gasteiger partial charge is 0.369 e. The molecule has 0 amide bonds. The molecule has 0 bridgehead atoms. The molecule has 0 fully saturated rings. The van der Waals surface area contributed by atoms with Gasteiger partial charge in [0.2, 0.25) is 0 Å². The van der Waals surface area contributed by atoms with Gasteiger partial charge in [-0.2, -0.15) is 0 Å². The smallest absolute Gasteiger partial charge is 0.156 e. The fraction of sp³-hybridized carbons (Fsp3) is 0.565. The Bertz CT molecular complexity index is 804. The van der Waals surface area contributed by atoms with Gasteiger partial charge in [-0.1, -0.05) is 31.0 Å². The molecule has 0 radical (unpaired) electrons. The van der Waals surface area contributed by atoms with E-state index in [1.807, 2.05) is 6.92 Å². The number of fused-ring (bicyclic) bond motifs is 1. The van der Waals surface area contributed by atoms with Crippen molar-refractivity contribution >= 4 is 11.5 Å². The zero-order valence-electron chi connectivity index (χ0n) is 18.1. The van der Waals surface area contributed by atoms with Crippen molar-refractivity contribution in [3.63, 3.8) is 0 Å². The Balaban J connectivity index is 2.13. The summed E-state index contributed by atoms with van der Waals surface area (Å²) in [4.78, 5) is 14.6. The van der Waals surface area contributed by atoms with Crippen LogP contribution in [-0.2, 0) is 0 Å². The molecule has 3 rings (SSSR count). The van der Waals surface area contributed by atoms with Gasteiger partial charge in [0.25, 0.3) is 0 Å². The van der Waals surface area contributed by atoms with Gasteiger partial charge in [-0.15, -0.1) is 0 Å². The van der Waals surface area contributed by atoms with E-state index >= 15 is 0 Å². The number of anilines is 2. The summed E-state index contributed by atoms with van der Waals surface area (Å²) in [5.74, 6) is 2.30. The average Bonchev–Trinajstić information content (AvgIpc) is 2.91. The van der Waals surface area contributed by atoms with Crippen molar-refractivity contribution < 1.29 is 0 Å². The molecule has 1 atom stereocenters. The molecular weight excluding hydrogens is 332 g/mol. The standard InChI is InChI=1S/C23H34N4/c1-8-10-11-27(9-2)23-22-21(24-18(6)25-23)19(14-26(22)7)20-16(4)12-15(3)13-17(20)5/h12-13,19H,8-11,14H2,1-7H3. The number of likely N-dealkylation sites (N-methyl/N-ethyl adjacent to an activating group) is 1. The first-order valence-electron chi connectivity index (χ1n) is 10.3. The zero-order chi connectivity index (χ0) is 19.7. The number of aryl methyl sites for hydroxylation is 4. The monoisotopic (exact) mass is 366 g/mol. The van der Waals surface area contributed by atoms with Gasteiger partial charge in [-0.25, -0.2) is 9.97 Å². The number of rotatable bonds is 6. The normalized spacial score (nSPS) is 16.0. The summed E-state index contributed by atoms with van der Waals surface area (Å²) in [6.45, 7) is 16.1. The second-order valence-corrected chi connectivity index (χ2v) is 8.01. The van der Waals surface area contributed by atoms with Gasteiger partial charge in [0, 0.05) is 32.6 Å². The molecule has 0 saturated carbocycles. The van der Waals surface area contributed by atoms with Crippen LogP contribution in [0.3, 0.4) is 0 Å². The van der Waals surface area contributed by atoms with Gasteiger partial charge in [-0.3, -0.25) is 0 Å². The zero-order valence-corrected chi connectivity index (χ0v) is 18.1. The van der Waals surface area contributed by atoms with E-state index in [0.717, 1.165) is 31.3 Å². The minimum Gasteiger partial charge on any atom is -0.369 e. The molecule has 1 aromatic carbocycles. The van der Waals surface area contributed by atoms with Crippen molar-refractivity contribution in [3.05, 3.63) is 45.9 Å². The van der Waals surface area contributed by atoms with Crippen molar-refractivity contribution in [2.45, 2.75) is 60.3 Å². The summed E-state index contributed by atoms with van der Waals surface area (Å²) in [6.07, 6.45) is 2.39. The van der Waals surface area contributed by atoms with Crippen molar-refractivity contribution in [2.24, 2.45) is 0 Å². The van der Waals surface area contributed by atoms with E-state index in [2.05, 4.69) is 63.6 Å². The molecule has 4 nitrogen and oxygen atoms in total. The highest BCUT2D eigenvalue weighted by atomic mass is 15.3. The predicted octanol–water partition coefficient (Wildman–Crippen LogP) is 4.92. The Kier molecular flexibility index (Phi) is 5.73. The maximum atomic E-state index is 4.94. The first-order chi connectivity index (χ1) is 12.9. The van der Waals surface area contributed by atoms with Crippen molar-refractivity contribution in [3.8, 4) is 0 Å². The van der Waals surface area contributed by atoms with Crippen LogP contribution in [-0.4, -0.2) is 36.6 Å². The second kappa shape index (κ2) is 7.87. The molecule has 4 heteroatoms. The number of benzene rings is 1. The van der Waals surface area contributed by atoms with Crippen LogP contribution in [0.25, 0.3) is 0 Å². The van der Waals surface area contributed by atoms with Gasteiger partial charge < -0.3 is 9.80 Å². The third-order valence-electron chi connectivity index (χ3n) is 5.72. The van der Waals surface area contributed by atoms with Crippen LogP contribution in [0, 0.1) is 27.7 Å². The number of hydrogen-bond acceptors (Lipinski definition) is 4. The van der Waals surface area contributed by atoms with E-state index in [4.69, 9.17) is 9.97 Å². The first kappa shape index (κ1) is 19.7. The lowest BCUT2D eigenvalue weighted by Crippen LogP contribution is -2.28. The second-order valence-electron chi connectivity index (χ2n) is 8.01. The molecule has 146 valence electrons. The molecule has 0 aliphatic carbocycles. The summed E-state index contributed by atoms with van der Waals surface area (Å²) in [7, 11) is 2.19. The maximum Gasteiger partial charge on any atom is 0.156 e. The van der Waals surface area contributed by atoms with E-state index < -0.39 is 0 Å². The molecular formula is C23H34N4. The molecule has 0 saturated heterocycles. The van der Waals surface area contributed by atoms with Gasteiger partial charge >= 0.3 is 0 Å². The molecule has 1 aliphatic rings. The van der Waals surface area contributed by atoms with Crippen LogP contribution in [0.15, 0.2) is 12.1 Å². The Morgan fingerprint density at radius 2 is 1.74 bits per heavy atom. The average molecular weight is 367 g/mol. The van der Waals surface area contributed by atoms with Crippen molar-refractivity contribution in [2.75, 3.05) is 36.5 Å². The topological polar surface area (TPSA) is 32.3 Å². The van der Waals surface area contributed by atoms with Crippen molar-refractivity contribution in [1.82, 2.24) is 9.97 Å². The molecule has 2 aromatic rings. The highest BCUT2D eigenvalue weighted by Crippen LogP contribution is 2.44. The molecule has 1 aliphatic heterocycles. The fourth-order valence-electron chi connectivity index (χ4n) is 4.59. The number of aromatic nitrogens is 2. The quantitative estimate of drug-likeness (QED) is 0.726. The Morgan fingerprint density at radius 3 is 2.33 bits per heavy atom. The molecule has 0 spiro atoms. The Labute approximate surface area is 164 Å². The highest BCUT2D eigenvalue weighted by molar-refractivity contribution is 5.75. The van der Waals surface area contributed by atoms with E-state index in [0.29, 0.717) is 5.92 Å². The van der Waals surface area contributed by atoms with Gasteiger partial charge in [0.1, 0.15) is 11.5 Å². The van der Waals surface area contributed by atoms with E-state index in [-0.39, 0.29) is 0 Å². The molecule has 1 unspecified atom stereocenters. The van der Waals surface area contributed by atoms with Crippen LogP contribution in [0.1, 0.15) is 66.4 Å². The number of nitrogens with zero attached hydrogens (tertiary/aromatic N) is 4. The lowest BCUT2D eigenvalue weighted by molar-refractivity contribution is 0.720. The van der Waals surface area contributed by atoms with Gasteiger partial charge in [0.05, 0.1) is 5.69 Å². The van der Waals surface area contributed by atoms with E-state index in [9.17, 15) is 0 Å². The maximum absolute atomic E-state index is 4.94. The summed E-state index contributed by atoms with van der Waals surface area (Å²) < 4.78 is 0. The number of unbranched alkanes of at least 4 members (excludes halogenated alkanes) is 1. The molecule has 27 heavy (non-hydrogen) atoms. The summed E-state index contributed by atoms with van der Waals surface area (Å²) in [5.41, 5.74) is 7.93.